The van der Waals surface area contributed by atoms with Crippen LogP contribution in [0.3, 0.4) is 0 Å². The van der Waals surface area contributed by atoms with E-state index in [0.29, 0.717) is 18.7 Å². The predicted molar refractivity (Wildman–Crippen MR) is 90.1 cm³/mol. The van der Waals surface area contributed by atoms with E-state index in [1.807, 2.05) is 0 Å². The number of hydrogen-bond acceptors (Lipinski definition) is 5. The van der Waals surface area contributed by atoms with Gasteiger partial charge in [0.2, 0.25) is 0 Å². The van der Waals surface area contributed by atoms with E-state index in [1.54, 1.807) is 15.9 Å². The van der Waals surface area contributed by atoms with Crippen molar-refractivity contribution in [3.8, 4) is 11.8 Å². The Morgan fingerprint density at radius 2 is 2.11 bits per heavy atom. The lowest BCUT2D eigenvalue weighted by Crippen LogP contribution is -2.49. The molecule has 2 aliphatic rings. The Bertz CT molecular complexity index is 860. The SMILES string of the molecule is O=C(OC(=O)C(F)(F)F)c1cccc(C#CCN2C[C@@H]3CNCCN3C2=O)c1. The van der Waals surface area contributed by atoms with E-state index in [4.69, 9.17) is 0 Å². The van der Waals surface area contributed by atoms with Crippen LogP contribution in [-0.2, 0) is 9.53 Å². The van der Waals surface area contributed by atoms with Crippen molar-refractivity contribution in [3.63, 3.8) is 0 Å². The van der Waals surface area contributed by atoms with Gasteiger partial charge in [-0.25, -0.2) is 14.4 Å². The van der Waals surface area contributed by atoms with Gasteiger partial charge in [-0.1, -0.05) is 17.9 Å². The summed E-state index contributed by atoms with van der Waals surface area (Å²) in [7, 11) is 0. The zero-order chi connectivity index (χ0) is 20.3. The highest BCUT2D eigenvalue weighted by Crippen LogP contribution is 2.18. The van der Waals surface area contributed by atoms with Gasteiger partial charge in [-0.2, -0.15) is 13.2 Å². The number of ether oxygens (including phenoxy) is 1. The molecule has 7 nitrogen and oxygen atoms in total. The van der Waals surface area contributed by atoms with E-state index in [0.717, 1.165) is 13.1 Å². The highest BCUT2D eigenvalue weighted by Gasteiger charge is 2.42. The Morgan fingerprint density at radius 1 is 1.32 bits per heavy atom. The number of fused-ring (bicyclic) bond motifs is 1. The van der Waals surface area contributed by atoms with Gasteiger partial charge in [0.15, 0.2) is 0 Å². The minimum atomic E-state index is -5.25. The van der Waals surface area contributed by atoms with E-state index in [9.17, 15) is 27.6 Å². The molecule has 0 unspecified atom stereocenters. The third-order valence-corrected chi connectivity index (χ3v) is 4.32. The van der Waals surface area contributed by atoms with Crippen LogP contribution < -0.4 is 5.32 Å². The number of urea groups is 1. The number of alkyl halides is 3. The van der Waals surface area contributed by atoms with Gasteiger partial charge in [0.05, 0.1) is 18.2 Å². The zero-order valence-corrected chi connectivity index (χ0v) is 14.6. The zero-order valence-electron chi connectivity index (χ0n) is 14.6. The number of hydrogen-bond donors (Lipinski definition) is 1. The van der Waals surface area contributed by atoms with Crippen molar-refractivity contribution >= 4 is 18.0 Å². The lowest BCUT2D eigenvalue weighted by Gasteiger charge is -2.28. The molecule has 1 atom stereocenters. The molecular formula is C18H16F3N3O4. The summed E-state index contributed by atoms with van der Waals surface area (Å²) in [6.07, 6.45) is -5.25. The van der Waals surface area contributed by atoms with Gasteiger partial charge in [0, 0.05) is 31.7 Å². The third-order valence-electron chi connectivity index (χ3n) is 4.32. The molecule has 0 saturated carbocycles. The molecule has 2 saturated heterocycles. The van der Waals surface area contributed by atoms with Crippen molar-refractivity contribution < 1.29 is 32.3 Å². The van der Waals surface area contributed by atoms with Crippen LogP contribution in [0.25, 0.3) is 0 Å². The van der Waals surface area contributed by atoms with Crippen molar-refractivity contribution in [2.24, 2.45) is 0 Å². The Hall–Kier alpha value is -3.06. The van der Waals surface area contributed by atoms with E-state index in [-0.39, 0.29) is 24.2 Å². The molecular weight excluding hydrogens is 379 g/mol. The Labute approximate surface area is 158 Å². The monoisotopic (exact) mass is 395 g/mol. The van der Waals surface area contributed by atoms with Crippen LogP contribution in [0.4, 0.5) is 18.0 Å². The van der Waals surface area contributed by atoms with E-state index < -0.39 is 18.1 Å². The predicted octanol–water partition coefficient (Wildman–Crippen LogP) is 0.993. The largest absolute Gasteiger partial charge is 0.491 e. The number of piperazine rings is 1. The third kappa shape index (κ3) is 4.43. The van der Waals surface area contributed by atoms with Crippen LogP contribution in [0.15, 0.2) is 24.3 Å². The van der Waals surface area contributed by atoms with Gasteiger partial charge in [-0.3, -0.25) is 0 Å². The molecule has 1 aromatic carbocycles. The molecule has 0 spiro atoms. The number of rotatable bonds is 2. The van der Waals surface area contributed by atoms with E-state index in [2.05, 4.69) is 21.9 Å². The summed E-state index contributed by atoms with van der Waals surface area (Å²) in [5, 5.41) is 3.22. The van der Waals surface area contributed by atoms with Gasteiger partial charge < -0.3 is 19.9 Å². The molecule has 0 bridgehead atoms. The first kappa shape index (κ1) is 19.7. The standard InChI is InChI=1S/C18H16F3N3O4/c19-18(20,21)16(26)28-15(25)13-5-1-3-12(9-13)4-2-7-23-11-14-10-22-6-8-24(14)17(23)27/h1,3,5,9,14,22H,6-8,10-11H2/t14-/m0/s1. The van der Waals surface area contributed by atoms with Crippen LogP contribution in [0.2, 0.25) is 0 Å². The number of carbonyl (C=O) groups is 3. The number of halogens is 3. The lowest BCUT2D eigenvalue weighted by molar-refractivity contribution is -0.193. The Balaban J connectivity index is 1.62. The summed E-state index contributed by atoms with van der Waals surface area (Å²) >= 11 is 0. The molecule has 0 radical (unpaired) electrons. The van der Waals surface area contributed by atoms with Gasteiger partial charge in [-0.05, 0) is 18.2 Å². The second-order valence-electron chi connectivity index (χ2n) is 6.27. The van der Waals surface area contributed by atoms with Gasteiger partial charge in [-0.15, -0.1) is 0 Å². The smallest absolute Gasteiger partial charge is 0.383 e. The summed E-state index contributed by atoms with van der Waals surface area (Å²) < 4.78 is 40.3. The fraction of sp³-hybridized carbons (Fsp3) is 0.389. The first-order valence-electron chi connectivity index (χ1n) is 8.44. The summed E-state index contributed by atoms with van der Waals surface area (Å²) in [6, 6.07) is 5.43. The average molecular weight is 395 g/mol. The summed E-state index contributed by atoms with van der Waals surface area (Å²) in [5.41, 5.74) is 0.116. The van der Waals surface area contributed by atoms with Crippen molar-refractivity contribution in [2.45, 2.75) is 12.2 Å². The molecule has 1 aromatic rings. The van der Waals surface area contributed by atoms with Crippen molar-refractivity contribution in [1.29, 1.82) is 0 Å². The number of nitrogens with zero attached hydrogens (tertiary/aromatic N) is 2. The molecule has 3 rings (SSSR count). The molecule has 2 aliphatic heterocycles. The molecule has 148 valence electrons. The molecule has 2 fully saturated rings. The van der Waals surface area contributed by atoms with Crippen LogP contribution in [0, 0.1) is 11.8 Å². The van der Waals surface area contributed by atoms with Crippen molar-refractivity contribution in [3.05, 3.63) is 35.4 Å². The van der Waals surface area contributed by atoms with Crippen LogP contribution in [-0.4, -0.2) is 72.7 Å². The highest BCUT2D eigenvalue weighted by atomic mass is 19.4. The Morgan fingerprint density at radius 3 is 2.82 bits per heavy atom. The van der Waals surface area contributed by atoms with E-state index in [1.165, 1.54) is 18.2 Å². The van der Waals surface area contributed by atoms with Gasteiger partial charge >= 0.3 is 24.1 Å². The molecule has 2 heterocycles. The maximum atomic E-state index is 12.3. The molecule has 0 aromatic heterocycles. The van der Waals surface area contributed by atoms with Crippen LogP contribution in [0.1, 0.15) is 15.9 Å². The molecule has 10 heteroatoms. The highest BCUT2D eigenvalue weighted by molar-refractivity contribution is 5.98. The number of amides is 2. The minimum Gasteiger partial charge on any atom is -0.383 e. The Kier molecular flexibility index (Phi) is 5.56. The number of carbonyl (C=O) groups excluding carboxylic acids is 3. The lowest BCUT2D eigenvalue weighted by atomic mass is 10.1. The van der Waals surface area contributed by atoms with Crippen molar-refractivity contribution in [2.75, 3.05) is 32.7 Å². The molecule has 2 amide bonds. The molecule has 28 heavy (non-hydrogen) atoms. The first-order valence-corrected chi connectivity index (χ1v) is 8.44. The van der Waals surface area contributed by atoms with E-state index >= 15 is 0 Å². The van der Waals surface area contributed by atoms with Gasteiger partial charge in [0.25, 0.3) is 0 Å². The fourth-order valence-electron chi connectivity index (χ4n) is 2.98. The van der Waals surface area contributed by atoms with Crippen LogP contribution >= 0.6 is 0 Å². The maximum Gasteiger partial charge on any atom is 0.491 e. The second-order valence-corrected chi connectivity index (χ2v) is 6.27. The quantitative estimate of drug-likeness (QED) is 0.459. The van der Waals surface area contributed by atoms with Gasteiger partial charge in [0.1, 0.15) is 0 Å². The number of nitrogens with one attached hydrogen (secondary N) is 1. The minimum absolute atomic E-state index is 0.0798. The fourth-order valence-corrected chi connectivity index (χ4v) is 2.98. The number of esters is 2. The number of benzene rings is 1. The molecule has 1 N–H and O–H groups in total. The average Bonchev–Trinajstić information content (AvgIpc) is 2.97. The topological polar surface area (TPSA) is 79.0 Å². The normalized spacial score (nSPS) is 19.0. The van der Waals surface area contributed by atoms with Crippen LogP contribution in [0.5, 0.6) is 0 Å². The summed E-state index contributed by atoms with van der Waals surface area (Å²) in [5.74, 6) is 1.59. The maximum absolute atomic E-state index is 12.3. The summed E-state index contributed by atoms with van der Waals surface area (Å²) in [4.78, 5) is 38.1. The molecule has 0 aliphatic carbocycles. The first-order chi connectivity index (χ1) is 13.3. The van der Waals surface area contributed by atoms with Crippen molar-refractivity contribution in [1.82, 2.24) is 15.1 Å². The summed E-state index contributed by atoms with van der Waals surface area (Å²) in [6.45, 7) is 2.88. The second kappa shape index (κ2) is 7.90.